The fourth-order valence-corrected chi connectivity index (χ4v) is 2.40. The summed E-state index contributed by atoms with van der Waals surface area (Å²) in [6.45, 7) is 2.38. The summed E-state index contributed by atoms with van der Waals surface area (Å²) in [6.07, 6.45) is 3.55. The van der Waals surface area contributed by atoms with Gasteiger partial charge < -0.3 is 11.1 Å². The number of aryl methyl sites for hydroxylation is 1. The Labute approximate surface area is 119 Å². The van der Waals surface area contributed by atoms with Crippen LogP contribution in [0.5, 0.6) is 0 Å². The fourth-order valence-electron chi connectivity index (χ4n) is 2.40. The highest BCUT2D eigenvalue weighted by atomic mass is 19.1. The predicted octanol–water partition coefficient (Wildman–Crippen LogP) is 2.25. The van der Waals surface area contributed by atoms with E-state index in [2.05, 4.69) is 5.32 Å². The Bertz CT molecular complexity index is 460. The van der Waals surface area contributed by atoms with Crippen LogP contribution in [0.25, 0.3) is 0 Å². The molecule has 2 unspecified atom stereocenters. The van der Waals surface area contributed by atoms with Crippen molar-refractivity contribution < 1.29 is 9.18 Å². The van der Waals surface area contributed by atoms with Gasteiger partial charge in [0.1, 0.15) is 5.82 Å². The number of carbonyl (C=O) groups is 1. The number of nitrogens with two attached hydrogens (primary N) is 1. The molecule has 110 valence electrons. The second-order valence-corrected chi connectivity index (χ2v) is 5.72. The van der Waals surface area contributed by atoms with Gasteiger partial charge in [-0.2, -0.15) is 0 Å². The van der Waals surface area contributed by atoms with Crippen LogP contribution < -0.4 is 11.1 Å². The first-order valence-corrected chi connectivity index (χ1v) is 7.35. The Morgan fingerprint density at radius 3 is 2.75 bits per heavy atom. The highest BCUT2D eigenvalue weighted by molar-refractivity contribution is 5.78. The highest BCUT2D eigenvalue weighted by Gasteiger charge is 2.31. The smallest absolute Gasteiger partial charge is 0.223 e. The number of amides is 1. The van der Waals surface area contributed by atoms with Gasteiger partial charge in [-0.15, -0.1) is 0 Å². The molecule has 20 heavy (non-hydrogen) atoms. The molecule has 2 rings (SSSR count). The minimum Gasteiger partial charge on any atom is -0.352 e. The van der Waals surface area contributed by atoms with Gasteiger partial charge in [0.2, 0.25) is 5.91 Å². The van der Waals surface area contributed by atoms with E-state index in [1.165, 1.54) is 6.07 Å². The Balaban J connectivity index is 1.80. The summed E-state index contributed by atoms with van der Waals surface area (Å²) in [7, 11) is 0. The van der Waals surface area contributed by atoms with Gasteiger partial charge in [-0.1, -0.05) is 25.1 Å². The molecule has 2 atom stereocenters. The van der Waals surface area contributed by atoms with Crippen LogP contribution in [0.4, 0.5) is 4.39 Å². The van der Waals surface area contributed by atoms with Crippen molar-refractivity contribution in [2.24, 2.45) is 17.6 Å². The van der Waals surface area contributed by atoms with Crippen LogP contribution in [0.3, 0.4) is 0 Å². The average Bonchev–Trinajstić information content (AvgIpc) is 3.27. The van der Waals surface area contributed by atoms with Crippen LogP contribution in [0.2, 0.25) is 0 Å². The van der Waals surface area contributed by atoms with Crippen molar-refractivity contribution in [3.8, 4) is 0 Å². The van der Waals surface area contributed by atoms with E-state index in [0.29, 0.717) is 30.9 Å². The topological polar surface area (TPSA) is 55.1 Å². The summed E-state index contributed by atoms with van der Waals surface area (Å²) in [5.74, 6) is 0.270. The predicted molar refractivity (Wildman–Crippen MR) is 77.6 cm³/mol. The molecule has 0 spiro atoms. The SMILES string of the molecule is CC(CCc1ccccc1F)C(=O)NC(CN)C1CC1. The zero-order valence-corrected chi connectivity index (χ0v) is 11.9. The molecule has 0 aromatic heterocycles. The molecule has 3 N–H and O–H groups in total. The van der Waals surface area contributed by atoms with E-state index in [1.807, 2.05) is 13.0 Å². The minimum atomic E-state index is -0.196. The molecule has 1 aromatic rings. The molecule has 0 heterocycles. The summed E-state index contributed by atoms with van der Waals surface area (Å²) in [6, 6.07) is 6.83. The molecule has 1 saturated carbocycles. The lowest BCUT2D eigenvalue weighted by molar-refractivity contribution is -0.125. The quantitative estimate of drug-likeness (QED) is 0.803. The monoisotopic (exact) mass is 278 g/mol. The van der Waals surface area contributed by atoms with E-state index in [9.17, 15) is 9.18 Å². The maximum absolute atomic E-state index is 13.5. The van der Waals surface area contributed by atoms with Gasteiger partial charge >= 0.3 is 0 Å². The van der Waals surface area contributed by atoms with Crippen molar-refractivity contribution in [1.29, 1.82) is 0 Å². The van der Waals surface area contributed by atoms with Gasteiger partial charge in [0.15, 0.2) is 0 Å². The summed E-state index contributed by atoms with van der Waals surface area (Å²) >= 11 is 0. The van der Waals surface area contributed by atoms with Crippen LogP contribution in [-0.4, -0.2) is 18.5 Å². The van der Waals surface area contributed by atoms with Crippen LogP contribution >= 0.6 is 0 Å². The molecule has 1 aliphatic carbocycles. The number of hydrogen-bond acceptors (Lipinski definition) is 2. The van der Waals surface area contributed by atoms with Crippen molar-refractivity contribution in [3.05, 3.63) is 35.6 Å². The largest absolute Gasteiger partial charge is 0.352 e. The van der Waals surface area contributed by atoms with E-state index in [-0.39, 0.29) is 23.7 Å². The van der Waals surface area contributed by atoms with Gasteiger partial charge in [-0.25, -0.2) is 4.39 Å². The first-order valence-electron chi connectivity index (χ1n) is 7.35. The molecule has 1 amide bonds. The zero-order chi connectivity index (χ0) is 14.5. The second kappa shape index (κ2) is 6.84. The van der Waals surface area contributed by atoms with Crippen LogP contribution in [-0.2, 0) is 11.2 Å². The number of nitrogens with one attached hydrogen (secondary N) is 1. The first kappa shape index (κ1) is 15.0. The van der Waals surface area contributed by atoms with Gasteiger partial charge in [-0.05, 0) is 43.2 Å². The van der Waals surface area contributed by atoms with Gasteiger partial charge in [0.05, 0.1) is 0 Å². The number of hydrogen-bond donors (Lipinski definition) is 2. The lowest BCUT2D eigenvalue weighted by atomic mass is 9.99. The van der Waals surface area contributed by atoms with Crippen molar-refractivity contribution in [2.75, 3.05) is 6.54 Å². The molecule has 0 aliphatic heterocycles. The Morgan fingerprint density at radius 2 is 2.15 bits per heavy atom. The number of halogens is 1. The van der Waals surface area contributed by atoms with Crippen LogP contribution in [0.15, 0.2) is 24.3 Å². The van der Waals surface area contributed by atoms with Crippen LogP contribution in [0, 0.1) is 17.7 Å². The van der Waals surface area contributed by atoms with E-state index in [0.717, 1.165) is 12.8 Å². The highest BCUT2D eigenvalue weighted by Crippen LogP contribution is 2.32. The number of rotatable bonds is 7. The maximum Gasteiger partial charge on any atom is 0.223 e. The molecule has 4 heteroatoms. The lowest BCUT2D eigenvalue weighted by Crippen LogP contribution is -2.44. The van der Waals surface area contributed by atoms with E-state index < -0.39 is 0 Å². The average molecular weight is 278 g/mol. The van der Waals surface area contributed by atoms with Gasteiger partial charge in [0.25, 0.3) is 0 Å². The summed E-state index contributed by atoms with van der Waals surface area (Å²) in [4.78, 5) is 12.1. The van der Waals surface area contributed by atoms with Gasteiger partial charge in [-0.3, -0.25) is 4.79 Å². The third-order valence-electron chi connectivity index (χ3n) is 4.02. The third kappa shape index (κ3) is 4.04. The summed E-state index contributed by atoms with van der Waals surface area (Å²) < 4.78 is 13.5. The molecule has 0 radical (unpaired) electrons. The second-order valence-electron chi connectivity index (χ2n) is 5.72. The molecule has 1 fully saturated rings. The van der Waals surface area contributed by atoms with E-state index in [1.54, 1.807) is 12.1 Å². The van der Waals surface area contributed by atoms with Crippen LogP contribution in [0.1, 0.15) is 31.7 Å². The first-order chi connectivity index (χ1) is 9.61. The van der Waals surface area contributed by atoms with Crippen molar-refractivity contribution in [1.82, 2.24) is 5.32 Å². The lowest BCUT2D eigenvalue weighted by Gasteiger charge is -2.19. The fraction of sp³-hybridized carbons (Fsp3) is 0.562. The Morgan fingerprint density at radius 1 is 1.45 bits per heavy atom. The van der Waals surface area contributed by atoms with Crippen molar-refractivity contribution in [2.45, 2.75) is 38.6 Å². The third-order valence-corrected chi connectivity index (χ3v) is 4.02. The minimum absolute atomic E-state index is 0.0312. The number of carbonyl (C=O) groups excluding carboxylic acids is 1. The van der Waals surface area contributed by atoms with Crippen molar-refractivity contribution >= 4 is 5.91 Å². The Hall–Kier alpha value is -1.42. The zero-order valence-electron chi connectivity index (χ0n) is 11.9. The number of benzene rings is 1. The molecular weight excluding hydrogens is 255 g/mol. The standard InChI is InChI=1S/C16H23FN2O/c1-11(6-7-12-4-2-3-5-14(12)17)16(20)19-15(10-18)13-8-9-13/h2-5,11,13,15H,6-10,18H2,1H3,(H,19,20). The summed E-state index contributed by atoms with van der Waals surface area (Å²) in [5.41, 5.74) is 6.35. The molecule has 3 nitrogen and oxygen atoms in total. The van der Waals surface area contributed by atoms with Crippen molar-refractivity contribution in [3.63, 3.8) is 0 Å². The maximum atomic E-state index is 13.5. The van der Waals surface area contributed by atoms with E-state index in [4.69, 9.17) is 5.73 Å². The Kier molecular flexibility index (Phi) is 5.12. The van der Waals surface area contributed by atoms with E-state index >= 15 is 0 Å². The molecule has 1 aromatic carbocycles. The molecule has 0 bridgehead atoms. The molecule has 0 saturated heterocycles. The van der Waals surface area contributed by atoms with Gasteiger partial charge in [0, 0.05) is 18.5 Å². The molecule has 1 aliphatic rings. The molecular formula is C16H23FN2O. The summed E-state index contributed by atoms with van der Waals surface area (Å²) in [5, 5.41) is 3.02. The normalized spacial score (nSPS) is 17.6.